The molecule has 20 heavy (non-hydrogen) atoms. The van der Waals surface area contributed by atoms with E-state index < -0.39 is 0 Å². The molecule has 2 aliphatic heterocycles. The van der Waals surface area contributed by atoms with Crippen molar-refractivity contribution in [2.24, 2.45) is 5.41 Å². The Kier molecular flexibility index (Phi) is 3.77. The quantitative estimate of drug-likeness (QED) is 0.726. The van der Waals surface area contributed by atoms with Crippen molar-refractivity contribution in [3.63, 3.8) is 0 Å². The molecule has 0 unspecified atom stereocenters. The summed E-state index contributed by atoms with van der Waals surface area (Å²) in [4.78, 5) is 14.6. The van der Waals surface area contributed by atoms with Crippen LogP contribution in [-0.2, 0) is 19.0 Å². The third kappa shape index (κ3) is 2.16. The maximum Gasteiger partial charge on any atom is 0.326 e. The van der Waals surface area contributed by atoms with E-state index in [-0.39, 0.29) is 23.0 Å². The van der Waals surface area contributed by atoms with Crippen molar-refractivity contribution in [1.29, 1.82) is 0 Å². The highest BCUT2D eigenvalue weighted by Gasteiger charge is 2.55. The third-order valence-corrected chi connectivity index (χ3v) is 5.55. The lowest BCUT2D eigenvalue weighted by atomic mass is 9.73. The summed E-state index contributed by atoms with van der Waals surface area (Å²) in [5, 5.41) is 0. The number of carbonyl (C=O) groups excluding carboxylic acids is 1. The van der Waals surface area contributed by atoms with E-state index in [4.69, 9.17) is 14.2 Å². The second kappa shape index (κ2) is 5.28. The summed E-state index contributed by atoms with van der Waals surface area (Å²) in [6, 6.07) is -0.258. The van der Waals surface area contributed by atoms with E-state index in [0.717, 1.165) is 58.4 Å². The summed E-state index contributed by atoms with van der Waals surface area (Å²) in [6.07, 6.45) is 5.24. The van der Waals surface area contributed by atoms with Crippen molar-refractivity contribution >= 4 is 5.97 Å². The van der Waals surface area contributed by atoms with Crippen LogP contribution in [0.2, 0.25) is 0 Å². The van der Waals surface area contributed by atoms with Gasteiger partial charge in [-0.15, -0.1) is 0 Å². The highest BCUT2D eigenvalue weighted by molar-refractivity contribution is 5.77. The largest absolute Gasteiger partial charge is 0.468 e. The minimum absolute atomic E-state index is 0.150. The lowest BCUT2D eigenvalue weighted by Gasteiger charge is -2.48. The molecule has 2 atom stereocenters. The summed E-state index contributed by atoms with van der Waals surface area (Å²) in [6.45, 7) is 3.55. The average molecular weight is 283 g/mol. The molecule has 0 aromatic rings. The van der Waals surface area contributed by atoms with E-state index >= 15 is 0 Å². The minimum atomic E-state index is -0.335. The fourth-order valence-corrected chi connectivity index (χ4v) is 4.08. The van der Waals surface area contributed by atoms with Gasteiger partial charge in [-0.2, -0.15) is 0 Å². The van der Waals surface area contributed by atoms with Crippen LogP contribution >= 0.6 is 0 Å². The molecule has 0 aromatic carbocycles. The van der Waals surface area contributed by atoms with Crippen molar-refractivity contribution in [1.82, 2.24) is 4.90 Å². The highest BCUT2D eigenvalue weighted by atomic mass is 16.5. The van der Waals surface area contributed by atoms with Crippen LogP contribution in [0, 0.1) is 5.41 Å². The first-order chi connectivity index (χ1) is 9.65. The molecule has 1 aliphatic carbocycles. The van der Waals surface area contributed by atoms with Gasteiger partial charge in [0.05, 0.1) is 19.3 Å². The number of rotatable bonds is 4. The number of likely N-dealkylation sites (tertiary alicyclic amines) is 1. The Morgan fingerprint density at radius 3 is 2.55 bits per heavy atom. The lowest BCUT2D eigenvalue weighted by molar-refractivity contribution is -0.173. The average Bonchev–Trinajstić information content (AvgIpc) is 3.04. The molecule has 0 amide bonds. The van der Waals surface area contributed by atoms with Crippen LogP contribution in [-0.4, -0.2) is 63.0 Å². The molecule has 0 aromatic heterocycles. The number of methoxy groups -OCH3 is 2. The molecule has 5 nitrogen and oxygen atoms in total. The summed E-state index contributed by atoms with van der Waals surface area (Å²) in [7, 11) is 3.20. The van der Waals surface area contributed by atoms with Crippen LogP contribution in [0.25, 0.3) is 0 Å². The Labute approximate surface area is 120 Å². The predicted octanol–water partition coefficient (Wildman–Crippen LogP) is 1.21. The number of hydrogen-bond donors (Lipinski definition) is 0. The number of carbonyl (C=O) groups is 1. The first-order valence-corrected chi connectivity index (χ1v) is 7.60. The van der Waals surface area contributed by atoms with Gasteiger partial charge in [0, 0.05) is 25.7 Å². The van der Waals surface area contributed by atoms with Crippen LogP contribution in [0.15, 0.2) is 0 Å². The zero-order valence-electron chi connectivity index (χ0n) is 12.5. The van der Waals surface area contributed by atoms with Gasteiger partial charge in [0.25, 0.3) is 0 Å². The second-order valence-corrected chi connectivity index (χ2v) is 6.57. The molecule has 2 saturated heterocycles. The maximum absolute atomic E-state index is 12.3. The normalized spacial score (nSPS) is 34.1. The zero-order valence-corrected chi connectivity index (χ0v) is 12.5. The van der Waals surface area contributed by atoms with E-state index in [9.17, 15) is 4.79 Å². The molecule has 114 valence electrons. The summed E-state index contributed by atoms with van der Waals surface area (Å²) < 4.78 is 16.4. The fourth-order valence-electron chi connectivity index (χ4n) is 4.08. The molecule has 5 heteroatoms. The topological polar surface area (TPSA) is 48.0 Å². The summed E-state index contributed by atoms with van der Waals surface area (Å²) in [5.74, 6) is -0.150. The van der Waals surface area contributed by atoms with E-state index in [1.54, 1.807) is 7.11 Å². The fraction of sp³-hybridized carbons (Fsp3) is 0.933. The van der Waals surface area contributed by atoms with Gasteiger partial charge in [0.15, 0.2) is 0 Å². The Hall–Kier alpha value is -0.650. The number of esters is 1. The Morgan fingerprint density at radius 1 is 1.25 bits per heavy atom. The smallest absolute Gasteiger partial charge is 0.326 e. The van der Waals surface area contributed by atoms with Crippen LogP contribution in [0.4, 0.5) is 0 Å². The van der Waals surface area contributed by atoms with E-state index in [1.165, 1.54) is 7.11 Å². The van der Waals surface area contributed by atoms with Gasteiger partial charge in [-0.05, 0) is 38.6 Å². The standard InChI is InChI=1S/C15H25NO4/c1-18-13(17)12(15(19-2)4-3-5-15)16-8-6-14(10-16)7-9-20-11-14/h12H,3-11H2,1-2H3/t12-,14-/m1/s1. The van der Waals surface area contributed by atoms with Gasteiger partial charge in [0.1, 0.15) is 6.04 Å². The molecule has 3 aliphatic rings. The van der Waals surface area contributed by atoms with E-state index in [2.05, 4.69) is 4.90 Å². The number of ether oxygens (including phenoxy) is 3. The summed E-state index contributed by atoms with van der Waals surface area (Å²) in [5.41, 5.74) is -0.0803. The number of nitrogens with zero attached hydrogens (tertiary/aromatic N) is 1. The van der Waals surface area contributed by atoms with Crippen molar-refractivity contribution in [3.8, 4) is 0 Å². The molecule has 3 rings (SSSR count). The zero-order chi connectivity index (χ0) is 14.2. The molecule has 0 radical (unpaired) electrons. The van der Waals surface area contributed by atoms with Gasteiger partial charge >= 0.3 is 5.97 Å². The van der Waals surface area contributed by atoms with Gasteiger partial charge in [0.2, 0.25) is 0 Å². The molecule has 3 fully saturated rings. The van der Waals surface area contributed by atoms with Gasteiger partial charge in [-0.3, -0.25) is 9.69 Å². The van der Waals surface area contributed by atoms with Crippen molar-refractivity contribution in [2.45, 2.75) is 43.7 Å². The minimum Gasteiger partial charge on any atom is -0.468 e. The lowest BCUT2D eigenvalue weighted by Crippen LogP contribution is -2.61. The molecule has 0 bridgehead atoms. The van der Waals surface area contributed by atoms with Crippen LogP contribution in [0.3, 0.4) is 0 Å². The van der Waals surface area contributed by atoms with Crippen molar-refractivity contribution < 1.29 is 19.0 Å². The molecule has 1 spiro atoms. The monoisotopic (exact) mass is 283 g/mol. The Bertz CT molecular complexity index is 369. The molecule has 1 saturated carbocycles. The van der Waals surface area contributed by atoms with Crippen LogP contribution in [0.1, 0.15) is 32.1 Å². The van der Waals surface area contributed by atoms with E-state index in [0.29, 0.717) is 0 Å². The van der Waals surface area contributed by atoms with Gasteiger partial charge in [-0.25, -0.2) is 0 Å². The molecule has 0 N–H and O–H groups in total. The Morgan fingerprint density at radius 2 is 2.05 bits per heavy atom. The third-order valence-electron chi connectivity index (χ3n) is 5.55. The van der Waals surface area contributed by atoms with Crippen molar-refractivity contribution in [2.75, 3.05) is 40.5 Å². The van der Waals surface area contributed by atoms with Crippen molar-refractivity contribution in [3.05, 3.63) is 0 Å². The van der Waals surface area contributed by atoms with Gasteiger partial charge < -0.3 is 14.2 Å². The molecular formula is C15H25NO4. The van der Waals surface area contributed by atoms with E-state index in [1.807, 2.05) is 0 Å². The first-order valence-electron chi connectivity index (χ1n) is 7.60. The molecule has 2 heterocycles. The highest BCUT2D eigenvalue weighted by Crippen LogP contribution is 2.45. The maximum atomic E-state index is 12.3. The number of hydrogen-bond acceptors (Lipinski definition) is 5. The van der Waals surface area contributed by atoms with Crippen LogP contribution < -0.4 is 0 Å². The predicted molar refractivity (Wildman–Crippen MR) is 73.5 cm³/mol. The summed E-state index contributed by atoms with van der Waals surface area (Å²) >= 11 is 0. The van der Waals surface area contributed by atoms with Crippen LogP contribution in [0.5, 0.6) is 0 Å². The first kappa shape index (κ1) is 14.3. The Balaban J connectivity index is 1.78. The SMILES string of the molecule is COC(=O)[C@@H](N1CC[C@@]2(CCOC2)C1)C1(OC)CCC1. The molecular weight excluding hydrogens is 258 g/mol. The van der Waals surface area contributed by atoms with Gasteiger partial charge in [-0.1, -0.05) is 0 Å². The second-order valence-electron chi connectivity index (χ2n) is 6.57.